The minimum absolute atomic E-state index is 0.257. The molecule has 1 aliphatic heterocycles. The quantitative estimate of drug-likeness (QED) is 0.559. The van der Waals surface area contributed by atoms with Crippen LogP contribution in [0, 0.1) is 0 Å². The smallest absolute Gasteiger partial charge is 0.268 e. The third kappa shape index (κ3) is 4.22. The summed E-state index contributed by atoms with van der Waals surface area (Å²) in [4.78, 5) is 26.7. The zero-order valence-electron chi connectivity index (χ0n) is 13.9. The van der Waals surface area contributed by atoms with E-state index in [4.69, 9.17) is 0 Å². The summed E-state index contributed by atoms with van der Waals surface area (Å²) in [6, 6.07) is 15.3. The van der Waals surface area contributed by atoms with Crippen molar-refractivity contribution in [2.24, 2.45) is 0 Å². The van der Waals surface area contributed by atoms with Gasteiger partial charge in [-0.2, -0.15) is 0 Å². The van der Waals surface area contributed by atoms with Gasteiger partial charge in [0.2, 0.25) is 0 Å². The van der Waals surface area contributed by atoms with E-state index in [9.17, 15) is 9.59 Å². The summed E-state index contributed by atoms with van der Waals surface area (Å²) in [5.74, 6) is -0.267. The fourth-order valence-electron chi connectivity index (χ4n) is 2.63. The standard InChI is InChI=1S/C20H18BrNO2S/c1-2-3-5-14-8-10-17(11-9-14)22-19(23)18(25-20(22)24)13-15-6-4-7-16(21)12-15/h4,6-13H,2-3,5H2,1H3/b18-13-. The molecule has 0 radical (unpaired) electrons. The van der Waals surface area contributed by atoms with E-state index < -0.39 is 0 Å². The molecule has 0 bridgehead atoms. The summed E-state index contributed by atoms with van der Waals surface area (Å²) in [6.07, 6.45) is 5.05. The van der Waals surface area contributed by atoms with Crippen molar-refractivity contribution in [1.29, 1.82) is 0 Å². The molecule has 3 nitrogen and oxygen atoms in total. The van der Waals surface area contributed by atoms with E-state index in [-0.39, 0.29) is 11.1 Å². The lowest BCUT2D eigenvalue weighted by Crippen LogP contribution is -2.27. The van der Waals surface area contributed by atoms with Gasteiger partial charge in [-0.25, -0.2) is 4.90 Å². The van der Waals surface area contributed by atoms with Crippen molar-refractivity contribution >= 4 is 50.6 Å². The minimum atomic E-state index is -0.267. The van der Waals surface area contributed by atoms with Gasteiger partial charge in [-0.3, -0.25) is 9.59 Å². The fraction of sp³-hybridized carbons (Fsp3) is 0.200. The number of anilines is 1. The van der Waals surface area contributed by atoms with Crippen molar-refractivity contribution in [3.05, 3.63) is 69.0 Å². The Labute approximate surface area is 160 Å². The molecule has 2 aromatic rings. The molecule has 2 amide bonds. The minimum Gasteiger partial charge on any atom is -0.268 e. The van der Waals surface area contributed by atoms with E-state index in [1.165, 1.54) is 10.5 Å². The van der Waals surface area contributed by atoms with Gasteiger partial charge >= 0.3 is 0 Å². The molecule has 25 heavy (non-hydrogen) atoms. The average molecular weight is 416 g/mol. The van der Waals surface area contributed by atoms with E-state index in [2.05, 4.69) is 22.9 Å². The third-order valence-electron chi connectivity index (χ3n) is 3.95. The Morgan fingerprint density at radius 1 is 1.12 bits per heavy atom. The molecule has 128 valence electrons. The van der Waals surface area contributed by atoms with Crippen LogP contribution in [0.5, 0.6) is 0 Å². The van der Waals surface area contributed by atoms with Crippen molar-refractivity contribution in [2.45, 2.75) is 26.2 Å². The summed E-state index contributed by atoms with van der Waals surface area (Å²) >= 11 is 4.39. The first kappa shape index (κ1) is 18.0. The number of imide groups is 1. The van der Waals surface area contributed by atoms with Crippen LogP contribution in [0.4, 0.5) is 10.5 Å². The normalized spacial score (nSPS) is 16.1. The van der Waals surface area contributed by atoms with Gasteiger partial charge in [0.25, 0.3) is 11.1 Å². The van der Waals surface area contributed by atoms with Crippen LogP contribution in [0.3, 0.4) is 0 Å². The average Bonchev–Trinajstić information content (AvgIpc) is 2.87. The Balaban J connectivity index is 1.81. The number of nitrogens with zero attached hydrogens (tertiary/aromatic N) is 1. The molecule has 0 unspecified atom stereocenters. The Kier molecular flexibility index (Phi) is 5.76. The highest BCUT2D eigenvalue weighted by molar-refractivity contribution is 9.10. The lowest BCUT2D eigenvalue weighted by atomic mass is 10.1. The van der Waals surface area contributed by atoms with E-state index in [1.54, 1.807) is 6.08 Å². The zero-order chi connectivity index (χ0) is 17.8. The van der Waals surface area contributed by atoms with Crippen molar-refractivity contribution in [1.82, 2.24) is 0 Å². The van der Waals surface area contributed by atoms with E-state index in [0.29, 0.717) is 10.6 Å². The fourth-order valence-corrected chi connectivity index (χ4v) is 3.89. The number of benzene rings is 2. The van der Waals surface area contributed by atoms with Crippen molar-refractivity contribution < 1.29 is 9.59 Å². The first-order chi connectivity index (χ1) is 12.1. The Bertz CT molecular complexity index is 830. The largest absolute Gasteiger partial charge is 0.298 e. The summed E-state index contributed by atoms with van der Waals surface area (Å²) in [7, 11) is 0. The molecule has 1 aliphatic rings. The number of carbonyl (C=O) groups is 2. The molecule has 1 saturated heterocycles. The molecule has 1 fully saturated rings. The lowest BCUT2D eigenvalue weighted by molar-refractivity contribution is -0.113. The van der Waals surface area contributed by atoms with Gasteiger partial charge in [-0.15, -0.1) is 0 Å². The van der Waals surface area contributed by atoms with Crippen LogP contribution >= 0.6 is 27.7 Å². The number of carbonyl (C=O) groups excluding carboxylic acids is 2. The number of halogens is 1. The lowest BCUT2D eigenvalue weighted by Gasteiger charge is -2.13. The first-order valence-electron chi connectivity index (χ1n) is 8.21. The van der Waals surface area contributed by atoms with Gasteiger partial charge in [0.05, 0.1) is 10.6 Å². The van der Waals surface area contributed by atoms with Gasteiger partial charge in [-0.05, 0) is 66.1 Å². The maximum atomic E-state index is 12.7. The van der Waals surface area contributed by atoms with Gasteiger partial charge in [0, 0.05) is 4.47 Å². The van der Waals surface area contributed by atoms with Crippen molar-refractivity contribution in [2.75, 3.05) is 4.90 Å². The second-order valence-electron chi connectivity index (χ2n) is 5.84. The van der Waals surface area contributed by atoms with Crippen LogP contribution in [0.2, 0.25) is 0 Å². The SMILES string of the molecule is CCCCc1ccc(N2C(=O)S/C(=C\c3cccc(Br)c3)C2=O)cc1. The number of thioether (sulfide) groups is 1. The maximum absolute atomic E-state index is 12.7. The van der Waals surface area contributed by atoms with Gasteiger partial charge < -0.3 is 0 Å². The molecular weight excluding hydrogens is 398 g/mol. The molecule has 3 rings (SSSR count). The van der Waals surface area contributed by atoms with E-state index in [1.807, 2.05) is 48.5 Å². The van der Waals surface area contributed by atoms with Gasteiger partial charge in [0.15, 0.2) is 0 Å². The molecule has 0 N–H and O–H groups in total. The summed E-state index contributed by atoms with van der Waals surface area (Å²) < 4.78 is 0.933. The van der Waals surface area contributed by atoms with Crippen LogP contribution < -0.4 is 4.90 Å². The van der Waals surface area contributed by atoms with Crippen LogP contribution in [0.25, 0.3) is 6.08 Å². The maximum Gasteiger partial charge on any atom is 0.298 e. The number of hydrogen-bond donors (Lipinski definition) is 0. The Hall–Kier alpha value is -1.85. The molecule has 2 aromatic carbocycles. The molecule has 0 aliphatic carbocycles. The zero-order valence-corrected chi connectivity index (χ0v) is 16.3. The topological polar surface area (TPSA) is 37.4 Å². The Morgan fingerprint density at radius 3 is 2.56 bits per heavy atom. The van der Waals surface area contributed by atoms with Crippen LogP contribution in [-0.2, 0) is 11.2 Å². The van der Waals surface area contributed by atoms with Crippen LogP contribution in [0.1, 0.15) is 30.9 Å². The molecule has 0 saturated carbocycles. The Morgan fingerprint density at radius 2 is 1.88 bits per heavy atom. The van der Waals surface area contributed by atoms with Crippen LogP contribution in [-0.4, -0.2) is 11.1 Å². The molecule has 1 heterocycles. The first-order valence-corrected chi connectivity index (χ1v) is 9.82. The highest BCUT2D eigenvalue weighted by Gasteiger charge is 2.36. The van der Waals surface area contributed by atoms with Gasteiger partial charge in [0.1, 0.15) is 0 Å². The second-order valence-corrected chi connectivity index (χ2v) is 7.75. The van der Waals surface area contributed by atoms with Crippen molar-refractivity contribution in [3.63, 3.8) is 0 Å². The number of amides is 2. The molecule has 0 spiro atoms. The predicted octanol–water partition coefficient (Wildman–Crippen LogP) is 6.03. The van der Waals surface area contributed by atoms with Crippen LogP contribution in [0.15, 0.2) is 57.9 Å². The highest BCUT2D eigenvalue weighted by Crippen LogP contribution is 2.36. The third-order valence-corrected chi connectivity index (χ3v) is 5.32. The summed E-state index contributed by atoms with van der Waals surface area (Å²) in [5.41, 5.74) is 2.73. The molecule has 5 heteroatoms. The summed E-state index contributed by atoms with van der Waals surface area (Å²) in [5, 5.41) is -0.257. The number of hydrogen-bond acceptors (Lipinski definition) is 3. The number of aryl methyl sites for hydroxylation is 1. The predicted molar refractivity (Wildman–Crippen MR) is 108 cm³/mol. The van der Waals surface area contributed by atoms with Gasteiger partial charge in [-0.1, -0.05) is 53.5 Å². The van der Waals surface area contributed by atoms with E-state index in [0.717, 1.165) is 41.1 Å². The molecule has 0 aromatic heterocycles. The molecular formula is C20H18BrNO2S. The highest BCUT2D eigenvalue weighted by atomic mass is 79.9. The molecule has 0 atom stereocenters. The summed E-state index contributed by atoms with van der Waals surface area (Å²) in [6.45, 7) is 2.16. The monoisotopic (exact) mass is 415 g/mol. The second kappa shape index (κ2) is 8.02. The number of rotatable bonds is 5. The van der Waals surface area contributed by atoms with Crippen molar-refractivity contribution in [3.8, 4) is 0 Å². The van der Waals surface area contributed by atoms with E-state index >= 15 is 0 Å². The number of unbranched alkanes of at least 4 members (excludes halogenated alkanes) is 1.